The molecule has 0 atom stereocenters. The van der Waals surface area contributed by atoms with Crippen LogP contribution in [0.3, 0.4) is 0 Å². The van der Waals surface area contributed by atoms with Crippen molar-refractivity contribution >= 4 is 32.4 Å². The molecule has 0 radical (unpaired) electrons. The lowest BCUT2D eigenvalue weighted by Gasteiger charge is -2.05. The largest absolute Gasteiger partial charge is 0.298 e. The number of aryl methyl sites for hydroxylation is 2. The second-order valence-corrected chi connectivity index (χ2v) is 7.78. The van der Waals surface area contributed by atoms with Crippen molar-refractivity contribution in [2.24, 2.45) is 0 Å². The number of carbonyl (C=O) groups excluding carboxylic acids is 1. The topological polar surface area (TPSA) is 101 Å². The van der Waals surface area contributed by atoms with Crippen molar-refractivity contribution in [1.82, 2.24) is 14.7 Å². The van der Waals surface area contributed by atoms with Gasteiger partial charge in [0.15, 0.2) is 5.13 Å². The smallest absolute Gasteiger partial charge is 0.257 e. The number of aromatic nitrogens is 2. The normalized spacial score (nSPS) is 11.4. The molecular formula is C13H16N4O3S2. The summed E-state index contributed by atoms with van der Waals surface area (Å²) >= 11 is 1.40. The summed E-state index contributed by atoms with van der Waals surface area (Å²) < 4.78 is 24.5. The maximum absolute atomic E-state index is 12.2. The Morgan fingerprint density at radius 1 is 1.36 bits per heavy atom. The van der Waals surface area contributed by atoms with Gasteiger partial charge < -0.3 is 0 Å². The molecule has 0 bridgehead atoms. The van der Waals surface area contributed by atoms with E-state index in [0.717, 1.165) is 16.8 Å². The highest BCUT2D eigenvalue weighted by molar-refractivity contribution is 7.88. The number of nitrogens with one attached hydrogen (secondary N) is 2. The summed E-state index contributed by atoms with van der Waals surface area (Å²) in [6.45, 7) is 3.85. The third-order valence-electron chi connectivity index (χ3n) is 2.84. The molecule has 2 aromatic rings. The highest BCUT2D eigenvalue weighted by Gasteiger charge is 2.11. The van der Waals surface area contributed by atoms with Crippen LogP contribution < -0.4 is 10.0 Å². The molecule has 0 aliphatic heterocycles. The zero-order chi connectivity index (χ0) is 16.3. The van der Waals surface area contributed by atoms with Crippen LogP contribution in [0.4, 0.5) is 5.13 Å². The zero-order valence-corrected chi connectivity index (χ0v) is 14.0. The van der Waals surface area contributed by atoms with Crippen molar-refractivity contribution in [3.05, 3.63) is 40.2 Å². The van der Waals surface area contributed by atoms with E-state index in [-0.39, 0.29) is 12.5 Å². The third-order valence-corrected chi connectivity index (χ3v) is 4.50. The lowest BCUT2D eigenvalue weighted by Crippen LogP contribution is -2.22. The Balaban J connectivity index is 2.09. The van der Waals surface area contributed by atoms with Gasteiger partial charge >= 0.3 is 0 Å². The zero-order valence-electron chi connectivity index (χ0n) is 12.4. The molecule has 7 nitrogen and oxygen atoms in total. The first kappa shape index (κ1) is 16.5. The van der Waals surface area contributed by atoms with Gasteiger partial charge in [0.1, 0.15) is 0 Å². The minimum atomic E-state index is -3.30. The van der Waals surface area contributed by atoms with Crippen LogP contribution in [0.5, 0.6) is 0 Å². The highest BCUT2D eigenvalue weighted by atomic mass is 32.2. The minimum absolute atomic E-state index is 0.0371. The molecule has 2 aromatic heterocycles. The Kier molecular flexibility index (Phi) is 4.89. The van der Waals surface area contributed by atoms with Gasteiger partial charge in [0.25, 0.3) is 5.91 Å². The van der Waals surface area contributed by atoms with E-state index in [0.29, 0.717) is 16.4 Å². The number of anilines is 1. The van der Waals surface area contributed by atoms with Crippen LogP contribution in [-0.2, 0) is 16.6 Å². The number of pyridine rings is 1. The number of amides is 1. The fourth-order valence-corrected chi connectivity index (χ4v) is 2.84. The first-order chi connectivity index (χ1) is 10.2. The Labute approximate surface area is 132 Å². The van der Waals surface area contributed by atoms with Crippen molar-refractivity contribution in [3.8, 4) is 0 Å². The molecule has 0 aromatic carbocycles. The molecule has 0 aliphatic carbocycles. The Bertz CT molecular complexity index is 780. The minimum Gasteiger partial charge on any atom is -0.298 e. The van der Waals surface area contributed by atoms with E-state index in [9.17, 15) is 13.2 Å². The summed E-state index contributed by atoms with van der Waals surface area (Å²) in [5, 5.41) is 3.26. The molecule has 2 heterocycles. The van der Waals surface area contributed by atoms with Crippen LogP contribution in [0.1, 0.15) is 26.6 Å². The molecule has 1 amide bonds. The Morgan fingerprint density at radius 3 is 2.68 bits per heavy atom. The van der Waals surface area contributed by atoms with Crippen LogP contribution in [0.25, 0.3) is 0 Å². The van der Waals surface area contributed by atoms with Crippen LogP contribution in [-0.4, -0.2) is 30.5 Å². The predicted molar refractivity (Wildman–Crippen MR) is 85.5 cm³/mol. The Morgan fingerprint density at radius 2 is 2.09 bits per heavy atom. The summed E-state index contributed by atoms with van der Waals surface area (Å²) in [4.78, 5) is 21.5. The van der Waals surface area contributed by atoms with Gasteiger partial charge in [0, 0.05) is 16.6 Å². The summed E-state index contributed by atoms with van der Waals surface area (Å²) in [6, 6.07) is 3.10. The van der Waals surface area contributed by atoms with E-state index in [1.165, 1.54) is 17.5 Å². The molecule has 0 saturated carbocycles. The summed E-state index contributed by atoms with van der Waals surface area (Å²) in [7, 11) is -3.30. The molecule has 9 heteroatoms. The molecule has 2 rings (SSSR count). The lowest BCUT2D eigenvalue weighted by atomic mass is 10.2. The number of carbonyl (C=O) groups is 1. The maximum Gasteiger partial charge on any atom is 0.257 e. The number of hydrogen-bond acceptors (Lipinski definition) is 6. The van der Waals surface area contributed by atoms with Gasteiger partial charge in [0.2, 0.25) is 10.0 Å². The fourth-order valence-electron chi connectivity index (χ4n) is 1.62. The van der Waals surface area contributed by atoms with Gasteiger partial charge in [-0.1, -0.05) is 0 Å². The molecule has 0 unspecified atom stereocenters. The van der Waals surface area contributed by atoms with E-state index >= 15 is 0 Å². The van der Waals surface area contributed by atoms with E-state index in [2.05, 4.69) is 20.0 Å². The van der Waals surface area contributed by atoms with Crippen LogP contribution in [0.2, 0.25) is 0 Å². The lowest BCUT2D eigenvalue weighted by molar-refractivity contribution is 0.102. The van der Waals surface area contributed by atoms with Crippen molar-refractivity contribution in [3.63, 3.8) is 0 Å². The van der Waals surface area contributed by atoms with Gasteiger partial charge in [-0.05, 0) is 26.0 Å². The molecular weight excluding hydrogens is 324 g/mol. The fraction of sp³-hybridized carbons (Fsp3) is 0.308. The van der Waals surface area contributed by atoms with E-state index in [1.807, 2.05) is 13.8 Å². The van der Waals surface area contributed by atoms with Gasteiger partial charge in [-0.2, -0.15) is 0 Å². The van der Waals surface area contributed by atoms with Gasteiger partial charge in [-0.3, -0.25) is 15.1 Å². The van der Waals surface area contributed by atoms with Crippen molar-refractivity contribution in [1.29, 1.82) is 0 Å². The van der Waals surface area contributed by atoms with Crippen LogP contribution in [0, 0.1) is 13.8 Å². The van der Waals surface area contributed by atoms with Gasteiger partial charge in [0.05, 0.1) is 24.2 Å². The number of thiazole rings is 1. The molecule has 0 aliphatic rings. The summed E-state index contributed by atoms with van der Waals surface area (Å²) in [5.41, 5.74) is 1.74. The summed E-state index contributed by atoms with van der Waals surface area (Å²) in [6.07, 6.45) is 2.53. The average Bonchev–Trinajstić information content (AvgIpc) is 2.74. The van der Waals surface area contributed by atoms with Gasteiger partial charge in [-0.25, -0.2) is 18.1 Å². The van der Waals surface area contributed by atoms with Crippen molar-refractivity contribution in [2.75, 3.05) is 11.6 Å². The average molecular weight is 340 g/mol. The number of nitrogens with zero attached hydrogens (tertiary/aromatic N) is 2. The standard InChI is InChI=1S/C13H16N4O3S2/c1-8-9(2)21-13(16-8)17-12(18)10-4-5-14-11(6-10)7-15-22(3,19)20/h4-6,15H,7H2,1-3H3,(H,16,17,18). The number of rotatable bonds is 5. The van der Waals surface area contributed by atoms with Crippen LogP contribution in [0.15, 0.2) is 18.3 Å². The SMILES string of the molecule is Cc1nc(NC(=O)c2ccnc(CNS(C)(=O)=O)c2)sc1C. The third kappa shape index (κ3) is 4.58. The highest BCUT2D eigenvalue weighted by Crippen LogP contribution is 2.21. The first-order valence-corrected chi connectivity index (χ1v) is 9.10. The molecule has 2 N–H and O–H groups in total. The van der Waals surface area contributed by atoms with Crippen molar-refractivity contribution < 1.29 is 13.2 Å². The maximum atomic E-state index is 12.2. The molecule has 22 heavy (non-hydrogen) atoms. The monoisotopic (exact) mass is 340 g/mol. The van der Waals surface area contributed by atoms with E-state index < -0.39 is 10.0 Å². The summed E-state index contributed by atoms with van der Waals surface area (Å²) in [5.74, 6) is -0.309. The second-order valence-electron chi connectivity index (χ2n) is 4.74. The van der Waals surface area contributed by atoms with Gasteiger partial charge in [-0.15, -0.1) is 11.3 Å². The molecule has 118 valence electrons. The molecule has 0 saturated heterocycles. The predicted octanol–water partition coefficient (Wildman–Crippen LogP) is 1.46. The van der Waals surface area contributed by atoms with Crippen molar-refractivity contribution in [2.45, 2.75) is 20.4 Å². The van der Waals surface area contributed by atoms with E-state index in [4.69, 9.17) is 0 Å². The molecule has 0 spiro atoms. The first-order valence-electron chi connectivity index (χ1n) is 6.39. The second kappa shape index (κ2) is 6.51. The number of hydrogen-bond donors (Lipinski definition) is 2. The number of sulfonamides is 1. The quantitative estimate of drug-likeness (QED) is 0.858. The molecule has 0 fully saturated rings. The van der Waals surface area contributed by atoms with E-state index in [1.54, 1.807) is 12.1 Å². The Hall–Kier alpha value is -1.84. The van der Waals surface area contributed by atoms with Crippen LogP contribution >= 0.6 is 11.3 Å².